The first-order valence-corrected chi connectivity index (χ1v) is 9.24. The van der Waals surface area contributed by atoms with Crippen LogP contribution in [0.4, 0.5) is 0 Å². The maximum absolute atomic E-state index is 12.3. The lowest BCUT2D eigenvalue weighted by Crippen LogP contribution is -2.55. The number of nitrogens with zero attached hydrogens (tertiary/aromatic N) is 2. The summed E-state index contributed by atoms with van der Waals surface area (Å²) in [6.45, 7) is 8.30. The highest BCUT2D eigenvalue weighted by Gasteiger charge is 2.41. The van der Waals surface area contributed by atoms with Gasteiger partial charge in [0.1, 0.15) is 5.76 Å². The van der Waals surface area contributed by atoms with E-state index in [1.165, 1.54) is 4.31 Å². The van der Waals surface area contributed by atoms with Gasteiger partial charge in [-0.25, -0.2) is 8.42 Å². The Morgan fingerprint density at radius 3 is 2.59 bits per heavy atom. The predicted molar refractivity (Wildman–Crippen MR) is 83.1 cm³/mol. The van der Waals surface area contributed by atoms with Crippen LogP contribution in [-0.2, 0) is 26.7 Å². The number of hydrogen-bond acceptors (Lipinski definition) is 5. The Balaban J connectivity index is 2.03. The molecule has 0 amide bonds. The van der Waals surface area contributed by atoms with Gasteiger partial charge in [-0.15, -0.1) is 0 Å². The van der Waals surface area contributed by atoms with E-state index in [0.717, 1.165) is 5.69 Å². The van der Waals surface area contributed by atoms with Crippen molar-refractivity contribution < 1.29 is 17.7 Å². The molecule has 1 aliphatic rings. The minimum atomic E-state index is -3.31. The molecular formula is C15H24N2O4S. The molecule has 1 atom stereocenters. The lowest BCUT2D eigenvalue weighted by Gasteiger charge is -2.38. The molecule has 2 heterocycles. The summed E-state index contributed by atoms with van der Waals surface area (Å²) >= 11 is 0. The van der Waals surface area contributed by atoms with Gasteiger partial charge in [-0.05, 0) is 12.8 Å². The summed E-state index contributed by atoms with van der Waals surface area (Å²) in [6, 6.07) is 1.24. The molecule has 1 aromatic rings. The highest BCUT2D eigenvalue weighted by Crippen LogP contribution is 2.26. The second-order valence-electron chi connectivity index (χ2n) is 6.80. The van der Waals surface area contributed by atoms with Crippen molar-refractivity contribution >= 4 is 15.8 Å². The number of Topliss-reactive ketones (excluding diaryl/α,β-unsaturated/α-hetero) is 1. The second-order valence-corrected chi connectivity index (χ2v) is 8.84. The predicted octanol–water partition coefficient (Wildman–Crippen LogP) is 1.90. The van der Waals surface area contributed by atoms with E-state index in [-0.39, 0.29) is 23.4 Å². The van der Waals surface area contributed by atoms with Gasteiger partial charge in [-0.1, -0.05) is 32.9 Å². The largest absolute Gasteiger partial charge is 0.361 e. The smallest absolute Gasteiger partial charge is 0.214 e. The van der Waals surface area contributed by atoms with Gasteiger partial charge < -0.3 is 4.52 Å². The third-order valence-electron chi connectivity index (χ3n) is 3.84. The third-order valence-corrected chi connectivity index (χ3v) is 5.91. The van der Waals surface area contributed by atoms with Crippen LogP contribution in [0.3, 0.4) is 0 Å². The second kappa shape index (κ2) is 6.12. The Labute approximate surface area is 131 Å². The van der Waals surface area contributed by atoms with Gasteiger partial charge in [0, 0.05) is 18.0 Å². The highest BCUT2D eigenvalue weighted by atomic mass is 32.2. The van der Waals surface area contributed by atoms with Crippen LogP contribution < -0.4 is 0 Å². The van der Waals surface area contributed by atoms with Gasteiger partial charge in [0.25, 0.3) is 0 Å². The summed E-state index contributed by atoms with van der Waals surface area (Å²) in [5.74, 6) is 0.463. The molecule has 124 valence electrons. The summed E-state index contributed by atoms with van der Waals surface area (Å²) in [6.07, 6.45) is 1.23. The Kier molecular flexibility index (Phi) is 4.77. The summed E-state index contributed by atoms with van der Waals surface area (Å²) in [5.41, 5.74) is 0.650. The summed E-state index contributed by atoms with van der Waals surface area (Å²) < 4.78 is 30.6. The Morgan fingerprint density at radius 1 is 1.45 bits per heavy atom. The number of rotatable bonds is 6. The molecule has 1 aliphatic heterocycles. The van der Waals surface area contributed by atoms with E-state index >= 15 is 0 Å². The molecule has 7 heteroatoms. The van der Waals surface area contributed by atoms with Crippen molar-refractivity contribution in [3.8, 4) is 0 Å². The molecular weight excluding hydrogens is 304 g/mol. The van der Waals surface area contributed by atoms with Gasteiger partial charge in [0.05, 0.1) is 23.9 Å². The SMILES string of the molecule is CCCS(=O)(=O)N1CC[C@H]1C(=O)Cc1cc(C(C)(C)C)no1. The number of hydrogen-bond donors (Lipinski definition) is 0. The molecule has 0 aliphatic carbocycles. The molecule has 0 radical (unpaired) electrons. The third kappa shape index (κ3) is 3.57. The lowest BCUT2D eigenvalue weighted by atomic mass is 9.91. The van der Waals surface area contributed by atoms with Crippen molar-refractivity contribution in [2.75, 3.05) is 12.3 Å². The van der Waals surface area contributed by atoms with E-state index in [1.54, 1.807) is 6.07 Å². The molecule has 2 rings (SSSR count). The first-order chi connectivity index (χ1) is 10.1. The molecule has 1 aromatic heterocycles. The monoisotopic (exact) mass is 328 g/mol. The van der Waals surface area contributed by atoms with Crippen LogP contribution in [0.5, 0.6) is 0 Å². The molecule has 0 bridgehead atoms. The number of carbonyl (C=O) groups excluding carboxylic acids is 1. The first-order valence-electron chi connectivity index (χ1n) is 7.63. The zero-order valence-electron chi connectivity index (χ0n) is 13.6. The number of ketones is 1. The number of sulfonamides is 1. The summed E-state index contributed by atoms with van der Waals surface area (Å²) in [7, 11) is -3.31. The van der Waals surface area contributed by atoms with Crippen LogP contribution in [0.1, 0.15) is 52.0 Å². The average molecular weight is 328 g/mol. The highest BCUT2D eigenvalue weighted by molar-refractivity contribution is 7.89. The van der Waals surface area contributed by atoms with Crippen molar-refractivity contribution in [2.45, 2.75) is 58.4 Å². The van der Waals surface area contributed by atoms with Crippen LogP contribution in [-0.4, -0.2) is 42.0 Å². The van der Waals surface area contributed by atoms with Crippen molar-refractivity contribution in [3.05, 3.63) is 17.5 Å². The Bertz CT molecular complexity index is 643. The van der Waals surface area contributed by atoms with Crippen LogP contribution in [0, 0.1) is 0 Å². The minimum Gasteiger partial charge on any atom is -0.361 e. The van der Waals surface area contributed by atoms with Gasteiger partial charge in [0.2, 0.25) is 10.0 Å². The maximum Gasteiger partial charge on any atom is 0.214 e. The van der Waals surface area contributed by atoms with E-state index in [9.17, 15) is 13.2 Å². The number of carbonyl (C=O) groups is 1. The Morgan fingerprint density at radius 2 is 2.14 bits per heavy atom. The fraction of sp³-hybridized carbons (Fsp3) is 0.733. The topological polar surface area (TPSA) is 80.5 Å². The first kappa shape index (κ1) is 17.1. The van der Waals surface area contributed by atoms with Crippen molar-refractivity contribution in [2.24, 2.45) is 0 Å². The van der Waals surface area contributed by atoms with Crippen molar-refractivity contribution in [1.29, 1.82) is 0 Å². The van der Waals surface area contributed by atoms with Gasteiger partial charge in [-0.2, -0.15) is 4.31 Å². The quantitative estimate of drug-likeness (QED) is 0.796. The normalized spacial score (nSPS) is 19.9. The van der Waals surface area contributed by atoms with Crippen LogP contribution in [0.15, 0.2) is 10.6 Å². The van der Waals surface area contributed by atoms with Gasteiger partial charge in [0.15, 0.2) is 5.78 Å². The zero-order chi connectivity index (χ0) is 16.5. The van der Waals surface area contributed by atoms with Crippen LogP contribution >= 0.6 is 0 Å². The molecule has 22 heavy (non-hydrogen) atoms. The molecule has 0 saturated carbocycles. The van der Waals surface area contributed by atoms with Gasteiger partial charge >= 0.3 is 0 Å². The van der Waals surface area contributed by atoms with Crippen molar-refractivity contribution in [1.82, 2.24) is 9.46 Å². The zero-order valence-corrected chi connectivity index (χ0v) is 14.4. The summed E-state index contributed by atoms with van der Waals surface area (Å²) in [5, 5.41) is 3.98. The molecule has 0 N–H and O–H groups in total. The fourth-order valence-corrected chi connectivity index (χ4v) is 4.18. The standard InChI is InChI=1S/C15H24N2O4S/c1-5-8-22(19,20)17-7-6-12(17)13(18)9-11-10-14(16-21-11)15(2,3)4/h10,12H,5-9H2,1-4H3/t12-/m0/s1. The number of aromatic nitrogens is 1. The molecule has 6 nitrogen and oxygen atoms in total. The van der Waals surface area contributed by atoms with Crippen LogP contribution in [0.2, 0.25) is 0 Å². The molecule has 1 saturated heterocycles. The van der Waals surface area contributed by atoms with Gasteiger partial charge in [-0.3, -0.25) is 4.79 Å². The molecule has 0 aromatic carbocycles. The van der Waals surface area contributed by atoms with E-state index in [2.05, 4.69) is 5.16 Å². The fourth-order valence-electron chi connectivity index (χ4n) is 2.43. The lowest BCUT2D eigenvalue weighted by molar-refractivity contribution is -0.125. The van der Waals surface area contributed by atoms with E-state index in [1.807, 2.05) is 27.7 Å². The summed E-state index contributed by atoms with van der Waals surface area (Å²) in [4.78, 5) is 12.3. The van der Waals surface area contributed by atoms with E-state index in [4.69, 9.17) is 4.52 Å². The van der Waals surface area contributed by atoms with E-state index < -0.39 is 16.1 Å². The maximum atomic E-state index is 12.3. The van der Waals surface area contributed by atoms with E-state index in [0.29, 0.717) is 25.1 Å². The molecule has 0 spiro atoms. The minimum absolute atomic E-state index is 0.0892. The molecule has 0 unspecified atom stereocenters. The molecule has 1 fully saturated rings. The van der Waals surface area contributed by atoms with Crippen LogP contribution in [0.25, 0.3) is 0 Å². The average Bonchev–Trinajstić information content (AvgIpc) is 2.74. The Hall–Kier alpha value is -1.21. The van der Waals surface area contributed by atoms with Crippen molar-refractivity contribution in [3.63, 3.8) is 0 Å².